The first kappa shape index (κ1) is 20.8. The lowest BCUT2D eigenvalue weighted by atomic mass is 10.3. The molecule has 0 aliphatic rings. The lowest BCUT2D eigenvalue weighted by Crippen LogP contribution is -2.45. The highest BCUT2D eigenvalue weighted by Gasteiger charge is 2.14. The molecule has 140 valence electrons. The second kappa shape index (κ2) is 12.2. The smallest absolute Gasteiger partial charge is 0.242 e. The summed E-state index contributed by atoms with van der Waals surface area (Å²) in [5.74, 6) is 1.74. The molecule has 0 aliphatic carbocycles. The second-order valence-electron chi connectivity index (χ2n) is 5.67. The molecule has 0 fully saturated rings. The van der Waals surface area contributed by atoms with Gasteiger partial charge in [-0.15, -0.1) is 0 Å². The summed E-state index contributed by atoms with van der Waals surface area (Å²) in [6.07, 6.45) is 0.821. The van der Waals surface area contributed by atoms with E-state index in [1.165, 1.54) is 0 Å². The summed E-state index contributed by atoms with van der Waals surface area (Å²) in [5.41, 5.74) is 0. The van der Waals surface area contributed by atoms with Crippen LogP contribution >= 0.6 is 0 Å². The van der Waals surface area contributed by atoms with Crippen LogP contribution in [0.15, 0.2) is 35.3 Å². The molecule has 1 aromatic carbocycles. The molecule has 0 saturated carbocycles. The number of carbonyl (C=O) groups excluding carboxylic acids is 1. The Balaban J connectivity index is 2.45. The molecule has 0 saturated heterocycles. The van der Waals surface area contributed by atoms with Crippen LogP contribution in [0.5, 0.6) is 5.75 Å². The van der Waals surface area contributed by atoms with Gasteiger partial charge in [0, 0.05) is 39.6 Å². The first-order valence-corrected chi connectivity index (χ1v) is 9.07. The fourth-order valence-electron chi connectivity index (χ4n) is 2.38. The fourth-order valence-corrected chi connectivity index (χ4v) is 2.38. The number of carbonyl (C=O) groups is 1. The van der Waals surface area contributed by atoms with Gasteiger partial charge in [-0.3, -0.25) is 9.79 Å². The van der Waals surface area contributed by atoms with Gasteiger partial charge in [-0.2, -0.15) is 0 Å². The van der Waals surface area contributed by atoms with Crippen LogP contribution in [0.2, 0.25) is 0 Å². The topological polar surface area (TPSA) is 57.2 Å². The first-order chi connectivity index (χ1) is 12.1. The van der Waals surface area contributed by atoms with E-state index in [2.05, 4.69) is 10.3 Å². The number of hydrogen-bond donors (Lipinski definition) is 1. The van der Waals surface area contributed by atoms with E-state index in [-0.39, 0.29) is 5.91 Å². The molecule has 0 heterocycles. The maximum absolute atomic E-state index is 12.2. The maximum Gasteiger partial charge on any atom is 0.242 e. The molecule has 25 heavy (non-hydrogen) atoms. The fraction of sp³-hybridized carbons (Fsp3) is 0.579. The van der Waals surface area contributed by atoms with E-state index in [0.29, 0.717) is 19.7 Å². The van der Waals surface area contributed by atoms with Gasteiger partial charge in [-0.1, -0.05) is 18.2 Å². The van der Waals surface area contributed by atoms with Crippen LogP contribution in [0.3, 0.4) is 0 Å². The third-order valence-electron chi connectivity index (χ3n) is 3.76. The molecule has 0 atom stereocenters. The van der Waals surface area contributed by atoms with Crippen LogP contribution in [0.25, 0.3) is 0 Å². The van der Waals surface area contributed by atoms with Crippen LogP contribution in [-0.4, -0.2) is 68.0 Å². The highest BCUT2D eigenvalue weighted by Crippen LogP contribution is 2.08. The lowest BCUT2D eigenvalue weighted by Gasteiger charge is -2.25. The minimum Gasteiger partial charge on any atom is -0.494 e. The van der Waals surface area contributed by atoms with Gasteiger partial charge in [-0.25, -0.2) is 0 Å². The molecule has 1 amide bonds. The maximum atomic E-state index is 12.2. The molecule has 0 aliphatic heterocycles. The largest absolute Gasteiger partial charge is 0.494 e. The number of aliphatic imine (C=N–C) groups is 1. The molecule has 0 spiro atoms. The van der Waals surface area contributed by atoms with Crippen molar-refractivity contribution >= 4 is 11.9 Å². The Bertz CT molecular complexity index is 515. The Labute approximate surface area is 151 Å². The Morgan fingerprint density at radius 2 is 1.84 bits per heavy atom. The van der Waals surface area contributed by atoms with Crippen LogP contribution in [-0.2, 0) is 4.79 Å². The van der Waals surface area contributed by atoms with Crippen molar-refractivity contribution in [1.82, 2.24) is 15.1 Å². The Morgan fingerprint density at radius 1 is 1.16 bits per heavy atom. The SMILES string of the molecule is CCNC(=NCCCOc1ccccc1)N(C)CC(=O)N(CC)CC. The molecule has 1 rings (SSSR count). The van der Waals surface area contributed by atoms with Crippen LogP contribution < -0.4 is 10.1 Å². The molecule has 1 N–H and O–H groups in total. The average molecular weight is 348 g/mol. The zero-order valence-corrected chi connectivity index (χ0v) is 16.0. The molecule has 6 heteroatoms. The van der Waals surface area contributed by atoms with Crippen molar-refractivity contribution in [3.8, 4) is 5.75 Å². The summed E-state index contributed by atoms with van der Waals surface area (Å²) in [4.78, 5) is 20.5. The normalized spacial score (nSPS) is 11.1. The van der Waals surface area contributed by atoms with E-state index in [1.54, 1.807) is 0 Å². The average Bonchev–Trinajstić information content (AvgIpc) is 2.62. The number of ether oxygens (including phenoxy) is 1. The predicted octanol–water partition coefficient (Wildman–Crippen LogP) is 2.22. The molecular formula is C19H32N4O2. The summed E-state index contributed by atoms with van der Waals surface area (Å²) in [7, 11) is 1.89. The summed E-state index contributed by atoms with van der Waals surface area (Å²) < 4.78 is 5.67. The van der Waals surface area contributed by atoms with Crippen LogP contribution in [0.4, 0.5) is 0 Å². The standard InChI is InChI=1S/C19H32N4O2/c1-5-20-19(22(4)16-18(24)23(6-2)7-3)21-14-11-15-25-17-12-9-8-10-13-17/h8-10,12-13H,5-7,11,14-16H2,1-4H3,(H,20,21). The summed E-state index contributed by atoms with van der Waals surface area (Å²) in [6.45, 7) is 9.83. The Morgan fingerprint density at radius 3 is 2.44 bits per heavy atom. The van der Waals surface area contributed by atoms with Crippen molar-refractivity contribution in [3.63, 3.8) is 0 Å². The minimum atomic E-state index is 0.116. The molecule has 0 radical (unpaired) electrons. The van der Waals surface area contributed by atoms with Gasteiger partial charge in [0.15, 0.2) is 5.96 Å². The van der Waals surface area contributed by atoms with Gasteiger partial charge in [0.05, 0.1) is 13.2 Å². The van der Waals surface area contributed by atoms with Gasteiger partial charge in [0.1, 0.15) is 5.75 Å². The number of hydrogen-bond acceptors (Lipinski definition) is 3. The number of amides is 1. The zero-order chi connectivity index (χ0) is 18.5. The predicted molar refractivity (Wildman–Crippen MR) is 103 cm³/mol. The number of para-hydroxylation sites is 1. The van der Waals surface area contributed by atoms with E-state index in [9.17, 15) is 4.79 Å². The third kappa shape index (κ3) is 7.92. The van der Waals surface area contributed by atoms with Crippen LogP contribution in [0, 0.1) is 0 Å². The van der Waals surface area contributed by atoms with Crippen molar-refractivity contribution in [2.45, 2.75) is 27.2 Å². The van der Waals surface area contributed by atoms with E-state index >= 15 is 0 Å². The highest BCUT2D eigenvalue weighted by molar-refractivity contribution is 5.86. The number of nitrogens with one attached hydrogen (secondary N) is 1. The first-order valence-electron chi connectivity index (χ1n) is 9.07. The molecule has 6 nitrogen and oxygen atoms in total. The third-order valence-corrected chi connectivity index (χ3v) is 3.76. The van der Waals surface area contributed by atoms with E-state index in [4.69, 9.17) is 4.74 Å². The van der Waals surface area contributed by atoms with Crippen LogP contribution in [0.1, 0.15) is 27.2 Å². The second-order valence-corrected chi connectivity index (χ2v) is 5.67. The highest BCUT2D eigenvalue weighted by atomic mass is 16.5. The van der Waals surface area contributed by atoms with Crippen molar-refractivity contribution in [2.75, 3.05) is 46.4 Å². The van der Waals surface area contributed by atoms with Gasteiger partial charge < -0.3 is 19.9 Å². The Hall–Kier alpha value is -2.24. The number of benzene rings is 1. The van der Waals surface area contributed by atoms with Crippen molar-refractivity contribution < 1.29 is 9.53 Å². The number of nitrogens with zero attached hydrogens (tertiary/aromatic N) is 3. The number of guanidine groups is 1. The van der Waals surface area contributed by atoms with Gasteiger partial charge in [0.25, 0.3) is 0 Å². The van der Waals surface area contributed by atoms with Gasteiger partial charge in [-0.05, 0) is 32.9 Å². The Kier molecular flexibility index (Phi) is 10.1. The summed E-state index contributed by atoms with van der Waals surface area (Å²) in [6, 6.07) is 9.77. The zero-order valence-electron chi connectivity index (χ0n) is 16.0. The van der Waals surface area contributed by atoms with E-state index in [1.807, 2.05) is 68.0 Å². The van der Waals surface area contributed by atoms with Crippen molar-refractivity contribution in [1.29, 1.82) is 0 Å². The quantitative estimate of drug-likeness (QED) is 0.400. The summed E-state index contributed by atoms with van der Waals surface area (Å²) >= 11 is 0. The van der Waals surface area contributed by atoms with Gasteiger partial charge in [0.2, 0.25) is 5.91 Å². The molecule has 0 aromatic heterocycles. The van der Waals surface area contributed by atoms with E-state index < -0.39 is 0 Å². The van der Waals surface area contributed by atoms with E-state index in [0.717, 1.165) is 37.8 Å². The molecule has 0 unspecified atom stereocenters. The summed E-state index contributed by atoms with van der Waals surface area (Å²) in [5, 5.41) is 3.24. The molecule has 0 bridgehead atoms. The van der Waals surface area contributed by atoms with Crippen molar-refractivity contribution in [3.05, 3.63) is 30.3 Å². The van der Waals surface area contributed by atoms with Crippen molar-refractivity contribution in [2.24, 2.45) is 4.99 Å². The number of rotatable bonds is 10. The number of likely N-dealkylation sites (N-methyl/N-ethyl adjacent to an activating group) is 2. The monoisotopic (exact) mass is 348 g/mol. The lowest BCUT2D eigenvalue weighted by molar-refractivity contribution is -0.131. The van der Waals surface area contributed by atoms with Gasteiger partial charge >= 0.3 is 0 Å². The minimum absolute atomic E-state index is 0.116. The molecule has 1 aromatic rings. The molecular weight excluding hydrogens is 316 g/mol.